The third kappa shape index (κ3) is 3.89. The highest BCUT2D eigenvalue weighted by molar-refractivity contribution is 5.94. The van der Waals surface area contributed by atoms with Gasteiger partial charge >= 0.3 is 0 Å². The van der Waals surface area contributed by atoms with Gasteiger partial charge in [0.1, 0.15) is 0 Å². The molecule has 0 unspecified atom stereocenters. The van der Waals surface area contributed by atoms with Gasteiger partial charge < -0.3 is 11.1 Å². The Balaban J connectivity index is 1.92. The minimum Gasteiger partial charge on any atom is -0.348 e. The Morgan fingerprint density at radius 1 is 1.16 bits per heavy atom. The van der Waals surface area contributed by atoms with Crippen LogP contribution in [0.25, 0.3) is 0 Å². The topological polar surface area (TPSA) is 68.0 Å². The fraction of sp³-hybridized carbons (Fsp3) is 0.200. The first-order valence-corrected chi connectivity index (χ1v) is 6.25. The van der Waals surface area contributed by atoms with E-state index in [0.717, 1.165) is 17.5 Å². The number of nitrogens with one attached hydrogen (secondary N) is 1. The molecule has 1 aromatic carbocycles. The first-order chi connectivity index (χ1) is 9.29. The average molecular weight is 255 g/mol. The van der Waals surface area contributed by atoms with E-state index in [-0.39, 0.29) is 5.91 Å². The molecule has 1 aromatic heterocycles. The second kappa shape index (κ2) is 6.66. The van der Waals surface area contributed by atoms with Crippen molar-refractivity contribution in [1.82, 2.24) is 10.3 Å². The summed E-state index contributed by atoms with van der Waals surface area (Å²) in [5.41, 5.74) is 8.27. The molecule has 2 aromatic rings. The molecule has 0 saturated heterocycles. The molecule has 4 heteroatoms. The molecule has 19 heavy (non-hydrogen) atoms. The Morgan fingerprint density at radius 3 is 2.58 bits per heavy atom. The first-order valence-electron chi connectivity index (χ1n) is 6.25. The normalized spacial score (nSPS) is 10.2. The second-order valence-electron chi connectivity index (χ2n) is 4.28. The number of benzene rings is 1. The third-order valence-corrected chi connectivity index (χ3v) is 2.82. The molecule has 0 saturated carbocycles. The highest BCUT2D eigenvalue weighted by Gasteiger charge is 2.04. The van der Waals surface area contributed by atoms with E-state index in [0.29, 0.717) is 18.7 Å². The van der Waals surface area contributed by atoms with E-state index in [2.05, 4.69) is 10.3 Å². The maximum absolute atomic E-state index is 11.9. The summed E-state index contributed by atoms with van der Waals surface area (Å²) in [6.07, 6.45) is 4.28. The molecule has 3 N–H and O–H groups in total. The van der Waals surface area contributed by atoms with Crippen LogP contribution in [0.1, 0.15) is 21.5 Å². The van der Waals surface area contributed by atoms with Gasteiger partial charge in [0.25, 0.3) is 5.91 Å². The minimum atomic E-state index is -0.0804. The lowest BCUT2D eigenvalue weighted by Gasteiger charge is -2.06. The molecule has 0 bridgehead atoms. The lowest BCUT2D eigenvalue weighted by molar-refractivity contribution is 0.0951. The molecular formula is C15H17N3O. The van der Waals surface area contributed by atoms with Crippen LogP contribution in [0.3, 0.4) is 0 Å². The summed E-state index contributed by atoms with van der Waals surface area (Å²) in [4.78, 5) is 15.9. The van der Waals surface area contributed by atoms with Crippen LogP contribution >= 0.6 is 0 Å². The van der Waals surface area contributed by atoms with Crippen molar-refractivity contribution in [2.24, 2.45) is 5.73 Å². The van der Waals surface area contributed by atoms with E-state index in [4.69, 9.17) is 5.73 Å². The number of hydrogen-bond acceptors (Lipinski definition) is 3. The van der Waals surface area contributed by atoms with Gasteiger partial charge in [-0.3, -0.25) is 9.78 Å². The van der Waals surface area contributed by atoms with Crippen molar-refractivity contribution in [3.8, 4) is 0 Å². The summed E-state index contributed by atoms with van der Waals surface area (Å²) in [7, 11) is 0. The number of nitrogens with zero attached hydrogens (tertiary/aromatic N) is 1. The maximum Gasteiger partial charge on any atom is 0.251 e. The predicted molar refractivity (Wildman–Crippen MR) is 74.6 cm³/mol. The molecule has 98 valence electrons. The molecule has 0 spiro atoms. The number of nitrogens with two attached hydrogens (primary N) is 1. The monoisotopic (exact) mass is 255 g/mol. The van der Waals surface area contributed by atoms with E-state index in [1.807, 2.05) is 36.4 Å². The Labute approximate surface area is 112 Å². The summed E-state index contributed by atoms with van der Waals surface area (Å²) >= 11 is 0. The number of rotatable bonds is 5. The number of hydrogen-bond donors (Lipinski definition) is 2. The molecule has 4 nitrogen and oxygen atoms in total. The summed E-state index contributed by atoms with van der Waals surface area (Å²) in [6.45, 7) is 1.10. The average Bonchev–Trinajstić information content (AvgIpc) is 2.47. The van der Waals surface area contributed by atoms with Crippen molar-refractivity contribution in [2.75, 3.05) is 6.54 Å². The molecule has 2 rings (SSSR count). The molecule has 1 amide bonds. The molecular weight excluding hydrogens is 238 g/mol. The fourth-order valence-electron chi connectivity index (χ4n) is 1.78. The van der Waals surface area contributed by atoms with Gasteiger partial charge in [-0.1, -0.05) is 18.2 Å². The number of amides is 1. The van der Waals surface area contributed by atoms with Gasteiger partial charge in [-0.25, -0.2) is 0 Å². The zero-order valence-electron chi connectivity index (χ0n) is 10.7. The van der Waals surface area contributed by atoms with E-state index in [9.17, 15) is 4.79 Å². The first kappa shape index (κ1) is 13.2. The molecule has 0 atom stereocenters. The van der Waals surface area contributed by atoms with Gasteiger partial charge in [-0.2, -0.15) is 0 Å². The van der Waals surface area contributed by atoms with Crippen molar-refractivity contribution in [3.05, 3.63) is 65.5 Å². The van der Waals surface area contributed by atoms with Crippen molar-refractivity contribution < 1.29 is 4.79 Å². The fourth-order valence-corrected chi connectivity index (χ4v) is 1.78. The van der Waals surface area contributed by atoms with E-state index in [1.165, 1.54) is 0 Å². The highest BCUT2D eigenvalue weighted by Crippen LogP contribution is 2.05. The Morgan fingerprint density at radius 2 is 1.95 bits per heavy atom. The maximum atomic E-state index is 11.9. The standard InChI is InChI=1S/C15H17N3O/c16-8-7-12-3-5-14(6-4-12)15(19)18-11-13-2-1-9-17-10-13/h1-6,9-10H,7-8,11,16H2,(H,18,19). The van der Waals surface area contributed by atoms with Crippen molar-refractivity contribution in [1.29, 1.82) is 0 Å². The minimum absolute atomic E-state index is 0.0804. The Kier molecular flexibility index (Phi) is 4.64. The van der Waals surface area contributed by atoms with Crippen molar-refractivity contribution >= 4 is 5.91 Å². The van der Waals surface area contributed by atoms with Crippen molar-refractivity contribution in [3.63, 3.8) is 0 Å². The Hall–Kier alpha value is -2.20. The van der Waals surface area contributed by atoms with Crippen LogP contribution in [0.2, 0.25) is 0 Å². The summed E-state index contributed by atoms with van der Waals surface area (Å²) in [5, 5.41) is 2.86. The SMILES string of the molecule is NCCc1ccc(C(=O)NCc2cccnc2)cc1. The number of carbonyl (C=O) groups excluding carboxylic acids is 1. The quantitative estimate of drug-likeness (QED) is 0.851. The number of pyridine rings is 1. The van der Waals surface area contributed by atoms with Gasteiger partial charge in [0.15, 0.2) is 0 Å². The van der Waals surface area contributed by atoms with Crippen molar-refractivity contribution in [2.45, 2.75) is 13.0 Å². The molecule has 0 fully saturated rings. The molecule has 0 radical (unpaired) electrons. The van der Waals surface area contributed by atoms with Gasteiger partial charge in [-0.05, 0) is 42.3 Å². The molecule has 0 aliphatic carbocycles. The van der Waals surface area contributed by atoms with Crippen LogP contribution in [0.5, 0.6) is 0 Å². The zero-order valence-corrected chi connectivity index (χ0v) is 10.7. The lowest BCUT2D eigenvalue weighted by atomic mass is 10.1. The number of aromatic nitrogens is 1. The van der Waals surface area contributed by atoms with Crippen LogP contribution in [-0.2, 0) is 13.0 Å². The van der Waals surface area contributed by atoms with Crippen LogP contribution in [0.4, 0.5) is 0 Å². The predicted octanol–water partition coefficient (Wildman–Crippen LogP) is 1.51. The van der Waals surface area contributed by atoms with Gasteiger partial charge in [-0.15, -0.1) is 0 Å². The van der Waals surface area contributed by atoms with Crippen LogP contribution in [0, 0.1) is 0 Å². The van der Waals surface area contributed by atoms with E-state index < -0.39 is 0 Å². The summed E-state index contributed by atoms with van der Waals surface area (Å²) < 4.78 is 0. The molecule has 0 aliphatic rings. The Bertz CT molecular complexity index is 523. The van der Waals surface area contributed by atoms with Gasteiger partial charge in [0.05, 0.1) is 0 Å². The van der Waals surface area contributed by atoms with Gasteiger partial charge in [0, 0.05) is 24.5 Å². The molecule has 1 heterocycles. The summed E-state index contributed by atoms with van der Waals surface area (Å²) in [5.74, 6) is -0.0804. The summed E-state index contributed by atoms with van der Waals surface area (Å²) in [6, 6.07) is 11.3. The third-order valence-electron chi connectivity index (χ3n) is 2.82. The van der Waals surface area contributed by atoms with Crippen LogP contribution in [0.15, 0.2) is 48.8 Å². The second-order valence-corrected chi connectivity index (χ2v) is 4.28. The van der Waals surface area contributed by atoms with E-state index >= 15 is 0 Å². The van der Waals surface area contributed by atoms with Gasteiger partial charge in [0.2, 0.25) is 0 Å². The number of carbonyl (C=O) groups is 1. The highest BCUT2D eigenvalue weighted by atomic mass is 16.1. The largest absolute Gasteiger partial charge is 0.348 e. The van der Waals surface area contributed by atoms with Crippen LogP contribution < -0.4 is 11.1 Å². The van der Waals surface area contributed by atoms with E-state index in [1.54, 1.807) is 12.4 Å². The smallest absolute Gasteiger partial charge is 0.251 e. The zero-order chi connectivity index (χ0) is 13.5. The lowest BCUT2D eigenvalue weighted by Crippen LogP contribution is -2.22. The van der Waals surface area contributed by atoms with Crippen LogP contribution in [-0.4, -0.2) is 17.4 Å². The molecule has 0 aliphatic heterocycles.